The molecule has 0 unspecified atom stereocenters. The van der Waals surface area contributed by atoms with Crippen LogP contribution in [-0.4, -0.2) is 43.8 Å². The topological polar surface area (TPSA) is 55.2 Å². The number of nitrogens with one attached hydrogen (secondary N) is 1. The van der Waals surface area contributed by atoms with E-state index in [4.69, 9.17) is 17.0 Å². The second-order valence-electron chi connectivity index (χ2n) is 7.80. The molecule has 5 rings (SSSR count). The van der Waals surface area contributed by atoms with Crippen LogP contribution in [0.2, 0.25) is 0 Å². The lowest BCUT2D eigenvalue weighted by atomic mass is 10.0. The predicted molar refractivity (Wildman–Crippen MR) is 119 cm³/mol. The van der Waals surface area contributed by atoms with Gasteiger partial charge in [0.15, 0.2) is 5.11 Å². The van der Waals surface area contributed by atoms with Gasteiger partial charge in [-0.15, -0.1) is 0 Å². The number of hydrogen-bond acceptors (Lipinski definition) is 4. The highest BCUT2D eigenvalue weighted by Crippen LogP contribution is 2.39. The van der Waals surface area contributed by atoms with Crippen molar-refractivity contribution < 1.29 is 4.74 Å². The average molecular weight is 420 g/mol. The first-order valence-electron chi connectivity index (χ1n) is 10.4. The lowest BCUT2D eigenvalue weighted by molar-refractivity contribution is 0.0834. The molecule has 2 aliphatic rings. The molecule has 5 heterocycles. The normalized spacial score (nSPS) is 23.7. The lowest BCUT2D eigenvalue weighted by Gasteiger charge is -2.30. The highest BCUT2D eigenvalue weighted by Gasteiger charge is 2.42. The molecular formula is C23H25N5OS. The predicted octanol–water partition coefficient (Wildman–Crippen LogP) is 3.48. The zero-order chi connectivity index (χ0) is 20.3. The van der Waals surface area contributed by atoms with E-state index in [0.29, 0.717) is 0 Å². The molecule has 2 aliphatic heterocycles. The fraction of sp³-hybridized carbons (Fsp3) is 0.348. The Morgan fingerprint density at radius 2 is 1.93 bits per heavy atom. The number of thiocarbonyl (C=S) groups is 1. The molecule has 1 N–H and O–H groups in total. The van der Waals surface area contributed by atoms with Gasteiger partial charge >= 0.3 is 0 Å². The Hall–Kier alpha value is -2.77. The van der Waals surface area contributed by atoms with Gasteiger partial charge in [-0.05, 0) is 61.5 Å². The molecule has 2 saturated heterocycles. The quantitative estimate of drug-likeness (QED) is 0.618. The number of hydrogen-bond donors (Lipinski definition) is 1. The van der Waals surface area contributed by atoms with E-state index in [1.807, 2.05) is 36.7 Å². The molecule has 0 aromatic carbocycles. The average Bonchev–Trinajstić information content (AvgIpc) is 3.52. The summed E-state index contributed by atoms with van der Waals surface area (Å²) in [5.74, 6) is 0. The van der Waals surface area contributed by atoms with Gasteiger partial charge in [0.1, 0.15) is 0 Å². The maximum absolute atomic E-state index is 5.93. The molecule has 3 atom stereocenters. The van der Waals surface area contributed by atoms with Crippen LogP contribution in [0.25, 0.3) is 0 Å². The standard InChI is InChI=1S/C23H25N5OS/c30-23-26-21(19-9-2-4-12-25-19)22(28(23)16-18-8-6-14-29-18)20-10-5-13-27(20)15-17-7-1-3-11-24-17/h1-5,7,9-13,18,21-22H,6,8,14-16H2,(H,26,30)/t18-,21-,22-/m1/s1. The van der Waals surface area contributed by atoms with Crippen LogP contribution in [0.1, 0.15) is 42.0 Å². The van der Waals surface area contributed by atoms with E-state index in [1.165, 1.54) is 5.69 Å². The summed E-state index contributed by atoms with van der Waals surface area (Å²) in [4.78, 5) is 11.4. The summed E-state index contributed by atoms with van der Waals surface area (Å²) in [6, 6.07) is 16.4. The van der Waals surface area contributed by atoms with Gasteiger partial charge in [0.2, 0.25) is 0 Å². The third-order valence-corrected chi connectivity index (χ3v) is 6.20. The molecule has 30 heavy (non-hydrogen) atoms. The molecule has 0 saturated carbocycles. The molecular weight excluding hydrogens is 394 g/mol. The minimum absolute atomic E-state index is 0.0162. The van der Waals surface area contributed by atoms with Crippen LogP contribution in [-0.2, 0) is 11.3 Å². The van der Waals surface area contributed by atoms with Crippen molar-refractivity contribution in [1.29, 1.82) is 0 Å². The first kappa shape index (κ1) is 19.2. The molecule has 2 fully saturated rings. The van der Waals surface area contributed by atoms with Gasteiger partial charge < -0.3 is 19.5 Å². The Bertz CT molecular complexity index is 987. The Morgan fingerprint density at radius 3 is 2.67 bits per heavy atom. The third-order valence-electron chi connectivity index (χ3n) is 5.85. The van der Waals surface area contributed by atoms with E-state index in [1.54, 1.807) is 0 Å². The molecule has 0 spiro atoms. The van der Waals surface area contributed by atoms with Crippen LogP contribution in [0.5, 0.6) is 0 Å². The second kappa shape index (κ2) is 8.53. The summed E-state index contributed by atoms with van der Waals surface area (Å²) in [7, 11) is 0. The molecule has 3 aromatic rings. The highest BCUT2D eigenvalue weighted by molar-refractivity contribution is 7.80. The van der Waals surface area contributed by atoms with Gasteiger partial charge in [-0.2, -0.15) is 0 Å². The maximum Gasteiger partial charge on any atom is 0.170 e. The van der Waals surface area contributed by atoms with Gasteiger partial charge in [0.25, 0.3) is 0 Å². The van der Waals surface area contributed by atoms with Crippen molar-refractivity contribution in [2.45, 2.75) is 37.6 Å². The van der Waals surface area contributed by atoms with Gasteiger partial charge in [-0.3, -0.25) is 9.97 Å². The van der Waals surface area contributed by atoms with Crippen molar-refractivity contribution in [3.8, 4) is 0 Å². The molecule has 3 aromatic heterocycles. The summed E-state index contributed by atoms with van der Waals surface area (Å²) < 4.78 is 8.20. The van der Waals surface area contributed by atoms with Crippen molar-refractivity contribution in [3.63, 3.8) is 0 Å². The number of aromatic nitrogens is 3. The second-order valence-corrected chi connectivity index (χ2v) is 8.18. The summed E-state index contributed by atoms with van der Waals surface area (Å²) in [5, 5.41) is 4.29. The fourth-order valence-corrected chi connectivity index (χ4v) is 4.75. The SMILES string of the molecule is S=C1N[C@H](c2ccccn2)[C@@H](c2cccn2Cc2ccccn2)N1C[C@H]1CCCO1. The smallest absolute Gasteiger partial charge is 0.170 e. The first-order chi connectivity index (χ1) is 14.8. The van der Waals surface area contributed by atoms with Crippen molar-refractivity contribution >= 4 is 17.3 Å². The third kappa shape index (κ3) is 3.82. The minimum atomic E-state index is -0.0162. The van der Waals surface area contributed by atoms with E-state index in [-0.39, 0.29) is 18.2 Å². The summed E-state index contributed by atoms with van der Waals surface area (Å²) in [6.45, 7) is 2.34. The van der Waals surface area contributed by atoms with Crippen molar-refractivity contribution in [2.75, 3.05) is 13.2 Å². The van der Waals surface area contributed by atoms with Crippen LogP contribution < -0.4 is 5.32 Å². The summed E-state index contributed by atoms with van der Waals surface area (Å²) in [6.07, 6.45) is 8.20. The monoisotopic (exact) mass is 419 g/mol. The van der Waals surface area contributed by atoms with Crippen LogP contribution in [0, 0.1) is 0 Å². The Morgan fingerprint density at radius 1 is 1.07 bits per heavy atom. The Balaban J connectivity index is 1.51. The molecule has 0 bridgehead atoms. The first-order valence-corrected chi connectivity index (χ1v) is 10.8. The molecule has 0 amide bonds. The van der Waals surface area contributed by atoms with Crippen LogP contribution >= 0.6 is 12.2 Å². The van der Waals surface area contributed by atoms with Crippen molar-refractivity contribution in [1.82, 2.24) is 24.8 Å². The molecule has 0 radical (unpaired) electrons. The van der Waals surface area contributed by atoms with Gasteiger partial charge in [0.05, 0.1) is 36.1 Å². The van der Waals surface area contributed by atoms with Crippen LogP contribution in [0.4, 0.5) is 0 Å². The van der Waals surface area contributed by atoms with Gasteiger partial charge in [-0.25, -0.2) is 0 Å². The summed E-state index contributed by atoms with van der Waals surface area (Å²) >= 11 is 5.79. The van der Waals surface area contributed by atoms with Crippen LogP contribution in [0.15, 0.2) is 67.1 Å². The molecule has 6 nitrogen and oxygen atoms in total. The van der Waals surface area contributed by atoms with E-state index >= 15 is 0 Å². The largest absolute Gasteiger partial charge is 0.376 e. The molecule has 7 heteroatoms. The van der Waals surface area contributed by atoms with Crippen LogP contribution in [0.3, 0.4) is 0 Å². The number of ether oxygens (including phenoxy) is 1. The highest BCUT2D eigenvalue weighted by atomic mass is 32.1. The minimum Gasteiger partial charge on any atom is -0.376 e. The number of pyridine rings is 2. The fourth-order valence-electron chi connectivity index (χ4n) is 4.44. The summed E-state index contributed by atoms with van der Waals surface area (Å²) in [5.41, 5.74) is 3.22. The zero-order valence-electron chi connectivity index (χ0n) is 16.7. The van der Waals surface area contributed by atoms with E-state index in [0.717, 1.165) is 49.0 Å². The van der Waals surface area contributed by atoms with Gasteiger partial charge in [-0.1, -0.05) is 12.1 Å². The number of nitrogens with zero attached hydrogens (tertiary/aromatic N) is 4. The van der Waals surface area contributed by atoms with Gasteiger partial charge in [0, 0.05) is 37.4 Å². The molecule has 0 aliphatic carbocycles. The van der Waals surface area contributed by atoms with E-state index in [9.17, 15) is 0 Å². The lowest BCUT2D eigenvalue weighted by Crippen LogP contribution is -2.36. The Labute approximate surface area is 181 Å². The Kier molecular flexibility index (Phi) is 5.46. The number of rotatable bonds is 6. The van der Waals surface area contributed by atoms with Crippen molar-refractivity contribution in [2.24, 2.45) is 0 Å². The van der Waals surface area contributed by atoms with E-state index < -0.39 is 0 Å². The van der Waals surface area contributed by atoms with Crippen molar-refractivity contribution in [3.05, 3.63) is 84.2 Å². The zero-order valence-corrected chi connectivity index (χ0v) is 17.5. The molecule has 154 valence electrons. The maximum atomic E-state index is 5.93. The van der Waals surface area contributed by atoms with E-state index in [2.05, 4.69) is 55.2 Å².